The summed E-state index contributed by atoms with van der Waals surface area (Å²) in [6, 6.07) is 33.0. The molecule has 0 unspecified atom stereocenters. The predicted molar refractivity (Wildman–Crippen MR) is 176 cm³/mol. The highest BCUT2D eigenvalue weighted by molar-refractivity contribution is 6.09. The highest BCUT2D eigenvalue weighted by Crippen LogP contribution is 2.32. The molecule has 0 spiro atoms. The SMILES string of the molecule is Cc1cc(-c2ccccc2)n(-c2ccc(CN(C=O)c3cc(NC(=O)c4ccccc4-c4ccc(C(F)(F)F)cc4)cn3C)cc2)n1. The normalized spacial score (nSPS) is 11.3. The maximum Gasteiger partial charge on any atom is 0.416 e. The van der Waals surface area contributed by atoms with Gasteiger partial charge >= 0.3 is 6.18 Å². The highest BCUT2D eigenvalue weighted by Gasteiger charge is 2.30. The van der Waals surface area contributed by atoms with Crippen LogP contribution in [0.5, 0.6) is 0 Å². The average Bonchev–Trinajstić information content (AvgIpc) is 3.65. The maximum absolute atomic E-state index is 13.4. The topological polar surface area (TPSA) is 72.2 Å². The molecule has 0 radical (unpaired) electrons. The molecule has 0 aliphatic rings. The minimum absolute atomic E-state index is 0.287. The van der Waals surface area contributed by atoms with Gasteiger partial charge in [0.25, 0.3) is 5.91 Å². The van der Waals surface area contributed by atoms with Gasteiger partial charge in [0.15, 0.2) is 0 Å². The van der Waals surface area contributed by atoms with Crippen LogP contribution in [0.3, 0.4) is 0 Å². The molecule has 0 bridgehead atoms. The summed E-state index contributed by atoms with van der Waals surface area (Å²) < 4.78 is 42.8. The van der Waals surface area contributed by atoms with Crippen LogP contribution in [0.25, 0.3) is 28.1 Å². The first kappa shape index (κ1) is 31.1. The average molecular weight is 634 g/mol. The molecule has 6 aromatic rings. The first-order valence-electron chi connectivity index (χ1n) is 14.8. The number of anilines is 2. The number of amides is 2. The van der Waals surface area contributed by atoms with Crippen molar-refractivity contribution in [1.82, 2.24) is 14.3 Å². The second-order valence-corrected chi connectivity index (χ2v) is 11.1. The molecule has 47 heavy (non-hydrogen) atoms. The molecule has 0 saturated carbocycles. The van der Waals surface area contributed by atoms with Crippen molar-refractivity contribution in [2.75, 3.05) is 10.2 Å². The second-order valence-electron chi connectivity index (χ2n) is 11.1. The molecule has 0 aliphatic heterocycles. The summed E-state index contributed by atoms with van der Waals surface area (Å²) in [6.07, 6.45) is -2.02. The van der Waals surface area contributed by atoms with Crippen LogP contribution in [0.4, 0.5) is 24.7 Å². The Labute approximate surface area is 269 Å². The van der Waals surface area contributed by atoms with Gasteiger partial charge in [0, 0.05) is 30.4 Å². The van der Waals surface area contributed by atoms with Crippen LogP contribution in [0.15, 0.2) is 121 Å². The number of nitrogens with zero attached hydrogens (tertiary/aromatic N) is 4. The van der Waals surface area contributed by atoms with E-state index in [-0.39, 0.29) is 6.54 Å². The van der Waals surface area contributed by atoms with E-state index < -0.39 is 17.6 Å². The lowest BCUT2D eigenvalue weighted by Gasteiger charge is -2.18. The summed E-state index contributed by atoms with van der Waals surface area (Å²) in [5.74, 6) is 0.124. The molecule has 0 atom stereocenters. The number of benzene rings is 4. The molecule has 6 rings (SSSR count). The van der Waals surface area contributed by atoms with Crippen molar-refractivity contribution in [3.63, 3.8) is 0 Å². The molecule has 1 N–H and O–H groups in total. The number of aryl methyl sites for hydroxylation is 2. The summed E-state index contributed by atoms with van der Waals surface area (Å²) >= 11 is 0. The summed E-state index contributed by atoms with van der Waals surface area (Å²) in [5.41, 5.74) is 5.68. The largest absolute Gasteiger partial charge is 0.416 e. The maximum atomic E-state index is 13.4. The predicted octanol–water partition coefficient (Wildman–Crippen LogP) is 8.29. The van der Waals surface area contributed by atoms with E-state index in [0.717, 1.165) is 46.7 Å². The summed E-state index contributed by atoms with van der Waals surface area (Å²) in [4.78, 5) is 27.1. The van der Waals surface area contributed by atoms with Crippen LogP contribution in [-0.4, -0.2) is 26.7 Å². The molecule has 0 fully saturated rings. The van der Waals surface area contributed by atoms with Crippen LogP contribution in [0.1, 0.15) is 27.2 Å². The van der Waals surface area contributed by atoms with E-state index in [1.807, 2.05) is 72.3 Å². The third-order valence-corrected chi connectivity index (χ3v) is 7.79. The van der Waals surface area contributed by atoms with Crippen LogP contribution in [0, 0.1) is 6.92 Å². The number of halogens is 3. The van der Waals surface area contributed by atoms with Crippen molar-refractivity contribution in [3.05, 3.63) is 144 Å². The van der Waals surface area contributed by atoms with E-state index in [2.05, 4.69) is 10.4 Å². The van der Waals surface area contributed by atoms with E-state index in [4.69, 9.17) is 0 Å². The van der Waals surface area contributed by atoms with E-state index in [9.17, 15) is 22.8 Å². The molecule has 236 valence electrons. The van der Waals surface area contributed by atoms with E-state index in [1.54, 1.807) is 48.1 Å². The smallest absolute Gasteiger partial charge is 0.335 e. The number of nitrogens with one attached hydrogen (secondary N) is 1. The van der Waals surface area contributed by atoms with Gasteiger partial charge in [-0.15, -0.1) is 0 Å². The number of hydrogen-bond donors (Lipinski definition) is 1. The lowest BCUT2D eigenvalue weighted by Crippen LogP contribution is -2.22. The Morgan fingerprint density at radius 3 is 2.23 bits per heavy atom. The zero-order chi connectivity index (χ0) is 33.1. The molecule has 0 saturated heterocycles. The molecule has 4 aromatic carbocycles. The lowest BCUT2D eigenvalue weighted by atomic mass is 9.98. The zero-order valence-corrected chi connectivity index (χ0v) is 25.6. The fourth-order valence-electron chi connectivity index (χ4n) is 5.50. The van der Waals surface area contributed by atoms with Crippen molar-refractivity contribution >= 4 is 23.8 Å². The van der Waals surface area contributed by atoms with E-state index in [1.165, 1.54) is 17.0 Å². The zero-order valence-electron chi connectivity index (χ0n) is 25.6. The molecule has 0 aliphatic carbocycles. The van der Waals surface area contributed by atoms with Crippen LogP contribution in [0.2, 0.25) is 0 Å². The fraction of sp³-hybridized carbons (Fsp3) is 0.108. The first-order chi connectivity index (χ1) is 22.6. The van der Waals surface area contributed by atoms with Gasteiger partial charge in [0.05, 0.1) is 34.9 Å². The Hall–Kier alpha value is -5.90. The van der Waals surface area contributed by atoms with Gasteiger partial charge in [0.1, 0.15) is 5.82 Å². The van der Waals surface area contributed by atoms with Crippen molar-refractivity contribution in [2.45, 2.75) is 19.6 Å². The molecular weight excluding hydrogens is 603 g/mol. The van der Waals surface area contributed by atoms with Gasteiger partial charge in [-0.05, 0) is 60.0 Å². The number of hydrogen-bond acceptors (Lipinski definition) is 3. The second kappa shape index (κ2) is 12.8. The molecule has 2 amide bonds. The standard InChI is InChI=1S/C37H30F3N5O2/c1-25-20-34(28-8-4-3-5-9-28)45(42-25)31-18-12-26(13-19-31)22-44(24-46)35-21-30(23-43(35)2)41-36(47)33-11-7-6-10-32(33)27-14-16-29(17-15-27)37(38,39)40/h3-21,23-24H,22H2,1-2H3,(H,41,47). The number of carbonyl (C=O) groups is 2. The van der Waals surface area contributed by atoms with Crippen LogP contribution >= 0.6 is 0 Å². The van der Waals surface area contributed by atoms with Crippen molar-refractivity contribution in [3.8, 4) is 28.1 Å². The highest BCUT2D eigenvalue weighted by atomic mass is 19.4. The minimum atomic E-state index is -4.45. The summed E-state index contributed by atoms with van der Waals surface area (Å²) in [5, 5.41) is 7.54. The van der Waals surface area contributed by atoms with Gasteiger partial charge in [-0.2, -0.15) is 18.3 Å². The Balaban J connectivity index is 1.18. The van der Waals surface area contributed by atoms with Crippen molar-refractivity contribution < 1.29 is 22.8 Å². The van der Waals surface area contributed by atoms with Gasteiger partial charge in [-0.1, -0.05) is 72.8 Å². The Bertz CT molecular complexity index is 2030. The van der Waals surface area contributed by atoms with E-state index >= 15 is 0 Å². The van der Waals surface area contributed by atoms with Crippen molar-refractivity contribution in [2.24, 2.45) is 7.05 Å². The van der Waals surface area contributed by atoms with Gasteiger partial charge < -0.3 is 9.88 Å². The molecular formula is C37H30F3N5O2. The minimum Gasteiger partial charge on any atom is -0.335 e. The Morgan fingerprint density at radius 2 is 1.55 bits per heavy atom. The summed E-state index contributed by atoms with van der Waals surface area (Å²) in [6.45, 7) is 2.24. The summed E-state index contributed by atoms with van der Waals surface area (Å²) in [7, 11) is 1.77. The molecule has 7 nitrogen and oxygen atoms in total. The monoisotopic (exact) mass is 633 g/mol. The number of alkyl halides is 3. The van der Waals surface area contributed by atoms with Gasteiger partial charge in [0.2, 0.25) is 6.41 Å². The number of aromatic nitrogens is 3. The van der Waals surface area contributed by atoms with Gasteiger partial charge in [-0.3, -0.25) is 14.5 Å². The molecule has 10 heteroatoms. The van der Waals surface area contributed by atoms with Crippen LogP contribution in [-0.2, 0) is 24.6 Å². The number of rotatable bonds is 9. The third kappa shape index (κ3) is 6.72. The first-order valence-corrected chi connectivity index (χ1v) is 14.8. The van der Waals surface area contributed by atoms with E-state index in [0.29, 0.717) is 28.2 Å². The lowest BCUT2D eigenvalue weighted by molar-refractivity contribution is -0.137. The number of carbonyl (C=O) groups excluding carboxylic acids is 2. The Kier molecular flexibility index (Phi) is 8.50. The molecule has 2 aromatic heterocycles. The quantitative estimate of drug-likeness (QED) is 0.163. The third-order valence-electron chi connectivity index (χ3n) is 7.79. The Morgan fingerprint density at radius 1 is 0.872 bits per heavy atom. The fourth-order valence-corrected chi connectivity index (χ4v) is 5.50. The molecule has 2 heterocycles. The van der Waals surface area contributed by atoms with Crippen LogP contribution < -0.4 is 10.2 Å². The van der Waals surface area contributed by atoms with Crippen molar-refractivity contribution in [1.29, 1.82) is 0 Å². The van der Waals surface area contributed by atoms with Gasteiger partial charge in [-0.25, -0.2) is 4.68 Å².